The molecule has 0 aromatic rings. The molecule has 1 amide bonds. The van der Waals surface area contributed by atoms with Crippen molar-refractivity contribution in [2.45, 2.75) is 45.1 Å². The van der Waals surface area contributed by atoms with Crippen LogP contribution < -0.4 is 11.1 Å². The molecule has 1 rings (SSSR count). The van der Waals surface area contributed by atoms with Gasteiger partial charge in [0.15, 0.2) is 5.84 Å². The summed E-state index contributed by atoms with van der Waals surface area (Å²) in [6, 6.07) is 0. The molecule has 0 bridgehead atoms. The molecule has 98 valence electrons. The molecule has 0 atom stereocenters. The second-order valence-corrected chi connectivity index (χ2v) is 4.60. The number of nitrogens with zero attached hydrogens (tertiary/aromatic N) is 1. The van der Waals surface area contributed by atoms with Crippen molar-refractivity contribution in [1.29, 1.82) is 0 Å². The zero-order valence-electron chi connectivity index (χ0n) is 10.4. The van der Waals surface area contributed by atoms with Crippen molar-refractivity contribution < 1.29 is 14.7 Å². The standard InChI is InChI=1S/C11H21N3O3/c1-3-17-10(15)13-11(9(12)14-16)6-4-8(2)5-7-11/h8,16H,3-7H2,1-2H3,(H2,12,14)(H,13,15). The molecule has 1 saturated carbocycles. The van der Waals surface area contributed by atoms with Crippen LogP contribution in [0.4, 0.5) is 4.79 Å². The highest BCUT2D eigenvalue weighted by atomic mass is 16.5. The molecule has 0 heterocycles. The molecule has 0 spiro atoms. The fourth-order valence-corrected chi connectivity index (χ4v) is 2.16. The van der Waals surface area contributed by atoms with Gasteiger partial charge in [0.05, 0.1) is 6.61 Å². The van der Waals surface area contributed by atoms with Crippen LogP contribution in [0.1, 0.15) is 39.5 Å². The highest BCUT2D eigenvalue weighted by Gasteiger charge is 2.40. The van der Waals surface area contributed by atoms with Crippen LogP contribution in [-0.4, -0.2) is 29.3 Å². The number of oxime groups is 1. The van der Waals surface area contributed by atoms with Crippen LogP contribution in [0.2, 0.25) is 0 Å². The first-order valence-electron chi connectivity index (χ1n) is 5.97. The third-order valence-electron chi connectivity index (χ3n) is 3.34. The number of nitrogens with two attached hydrogens (primary N) is 1. The predicted octanol–water partition coefficient (Wildman–Crippen LogP) is 1.43. The number of amides is 1. The van der Waals surface area contributed by atoms with Gasteiger partial charge in [-0.15, -0.1) is 0 Å². The summed E-state index contributed by atoms with van der Waals surface area (Å²) in [5.41, 5.74) is 4.95. The number of amidine groups is 1. The normalized spacial score (nSPS) is 29.8. The molecule has 6 nitrogen and oxygen atoms in total. The molecule has 4 N–H and O–H groups in total. The summed E-state index contributed by atoms with van der Waals surface area (Å²) < 4.78 is 4.85. The minimum atomic E-state index is -0.756. The summed E-state index contributed by atoms with van der Waals surface area (Å²) >= 11 is 0. The van der Waals surface area contributed by atoms with E-state index in [-0.39, 0.29) is 5.84 Å². The summed E-state index contributed by atoms with van der Waals surface area (Å²) in [4.78, 5) is 11.5. The van der Waals surface area contributed by atoms with Gasteiger partial charge in [0, 0.05) is 0 Å². The average Bonchev–Trinajstić information content (AvgIpc) is 2.31. The topological polar surface area (TPSA) is 96.9 Å². The molecule has 17 heavy (non-hydrogen) atoms. The van der Waals surface area contributed by atoms with E-state index in [1.807, 2.05) is 0 Å². The van der Waals surface area contributed by atoms with E-state index in [9.17, 15) is 4.79 Å². The SMILES string of the molecule is CCOC(=O)NC1(/C(N)=N/O)CCC(C)CC1. The van der Waals surface area contributed by atoms with Gasteiger partial charge in [0.2, 0.25) is 0 Å². The van der Waals surface area contributed by atoms with Gasteiger partial charge in [-0.2, -0.15) is 0 Å². The van der Waals surface area contributed by atoms with E-state index in [1.165, 1.54) is 0 Å². The Kier molecular flexibility index (Phi) is 4.60. The van der Waals surface area contributed by atoms with E-state index in [0.29, 0.717) is 25.4 Å². The number of hydrogen-bond donors (Lipinski definition) is 3. The molecule has 1 aliphatic carbocycles. The van der Waals surface area contributed by atoms with Crippen LogP contribution in [-0.2, 0) is 4.74 Å². The van der Waals surface area contributed by atoms with E-state index >= 15 is 0 Å². The third kappa shape index (κ3) is 3.25. The fourth-order valence-electron chi connectivity index (χ4n) is 2.16. The number of alkyl carbamates (subject to hydrolysis) is 1. The molecule has 0 saturated heterocycles. The molecular weight excluding hydrogens is 222 g/mol. The smallest absolute Gasteiger partial charge is 0.407 e. The third-order valence-corrected chi connectivity index (χ3v) is 3.34. The van der Waals surface area contributed by atoms with E-state index in [4.69, 9.17) is 15.7 Å². The van der Waals surface area contributed by atoms with Crippen molar-refractivity contribution in [3.8, 4) is 0 Å². The first-order valence-corrected chi connectivity index (χ1v) is 5.97. The monoisotopic (exact) mass is 243 g/mol. The van der Waals surface area contributed by atoms with Gasteiger partial charge in [0.25, 0.3) is 0 Å². The number of hydrogen-bond acceptors (Lipinski definition) is 4. The van der Waals surface area contributed by atoms with Crippen molar-refractivity contribution in [2.24, 2.45) is 16.8 Å². The Morgan fingerprint density at radius 1 is 1.59 bits per heavy atom. The lowest BCUT2D eigenvalue weighted by Crippen LogP contribution is -2.59. The molecule has 1 aliphatic rings. The maximum Gasteiger partial charge on any atom is 0.407 e. The van der Waals surface area contributed by atoms with E-state index in [1.54, 1.807) is 6.92 Å². The molecular formula is C11H21N3O3. The van der Waals surface area contributed by atoms with Crippen molar-refractivity contribution in [2.75, 3.05) is 6.61 Å². The van der Waals surface area contributed by atoms with Crippen molar-refractivity contribution in [1.82, 2.24) is 5.32 Å². The largest absolute Gasteiger partial charge is 0.450 e. The summed E-state index contributed by atoms with van der Waals surface area (Å²) in [5, 5.41) is 14.6. The lowest BCUT2D eigenvalue weighted by atomic mass is 9.76. The highest BCUT2D eigenvalue weighted by Crippen LogP contribution is 2.32. The number of carbonyl (C=O) groups excluding carboxylic acids is 1. The summed E-state index contributed by atoms with van der Waals surface area (Å²) in [7, 11) is 0. The van der Waals surface area contributed by atoms with Crippen LogP contribution in [0.25, 0.3) is 0 Å². The van der Waals surface area contributed by atoms with Gasteiger partial charge < -0.3 is 21.0 Å². The van der Waals surface area contributed by atoms with Crippen LogP contribution in [0, 0.1) is 5.92 Å². The van der Waals surface area contributed by atoms with Crippen molar-refractivity contribution >= 4 is 11.9 Å². The van der Waals surface area contributed by atoms with Gasteiger partial charge in [-0.3, -0.25) is 0 Å². The number of rotatable bonds is 3. The Hall–Kier alpha value is -1.46. The number of carbonyl (C=O) groups is 1. The molecule has 0 aromatic carbocycles. The van der Waals surface area contributed by atoms with Gasteiger partial charge in [-0.25, -0.2) is 4.79 Å². The lowest BCUT2D eigenvalue weighted by Gasteiger charge is -2.38. The minimum absolute atomic E-state index is 0.0532. The zero-order valence-corrected chi connectivity index (χ0v) is 10.4. The molecule has 0 aromatic heterocycles. The quantitative estimate of drug-likeness (QED) is 0.302. The Morgan fingerprint density at radius 2 is 2.18 bits per heavy atom. The molecule has 0 aliphatic heterocycles. The Balaban J connectivity index is 2.77. The summed E-state index contributed by atoms with van der Waals surface area (Å²) in [5.74, 6) is 0.649. The minimum Gasteiger partial charge on any atom is -0.450 e. The summed E-state index contributed by atoms with van der Waals surface area (Å²) in [6.45, 7) is 4.19. The van der Waals surface area contributed by atoms with Crippen molar-refractivity contribution in [3.05, 3.63) is 0 Å². The maximum absolute atomic E-state index is 11.5. The zero-order chi connectivity index (χ0) is 12.9. The van der Waals surface area contributed by atoms with E-state index in [2.05, 4.69) is 17.4 Å². The molecule has 1 fully saturated rings. The van der Waals surface area contributed by atoms with E-state index in [0.717, 1.165) is 12.8 Å². The number of ether oxygens (including phenoxy) is 1. The van der Waals surface area contributed by atoms with Gasteiger partial charge in [-0.05, 0) is 38.5 Å². The van der Waals surface area contributed by atoms with Crippen LogP contribution in [0.15, 0.2) is 5.16 Å². The van der Waals surface area contributed by atoms with Crippen molar-refractivity contribution in [3.63, 3.8) is 0 Å². The molecule has 0 unspecified atom stereocenters. The Labute approximate surface area is 101 Å². The van der Waals surface area contributed by atoms with Crippen LogP contribution >= 0.6 is 0 Å². The first-order chi connectivity index (χ1) is 8.04. The van der Waals surface area contributed by atoms with Gasteiger partial charge in [0.1, 0.15) is 5.54 Å². The average molecular weight is 243 g/mol. The summed E-state index contributed by atoms with van der Waals surface area (Å²) in [6.07, 6.45) is 2.69. The van der Waals surface area contributed by atoms with Crippen LogP contribution in [0.5, 0.6) is 0 Å². The molecule has 6 heteroatoms. The Morgan fingerprint density at radius 3 is 2.65 bits per heavy atom. The lowest BCUT2D eigenvalue weighted by molar-refractivity contribution is 0.135. The highest BCUT2D eigenvalue weighted by molar-refractivity contribution is 5.92. The van der Waals surface area contributed by atoms with Gasteiger partial charge >= 0.3 is 6.09 Å². The van der Waals surface area contributed by atoms with Crippen LogP contribution in [0.3, 0.4) is 0 Å². The fraction of sp³-hybridized carbons (Fsp3) is 0.818. The predicted molar refractivity (Wildman–Crippen MR) is 63.9 cm³/mol. The maximum atomic E-state index is 11.5. The molecule has 0 radical (unpaired) electrons. The van der Waals surface area contributed by atoms with E-state index < -0.39 is 11.6 Å². The van der Waals surface area contributed by atoms with Gasteiger partial charge in [-0.1, -0.05) is 12.1 Å². The second kappa shape index (κ2) is 5.75. The first kappa shape index (κ1) is 13.6. The number of nitrogens with one attached hydrogen (secondary N) is 1. The Bertz CT molecular complexity index is 296. The second-order valence-electron chi connectivity index (χ2n) is 4.60.